The lowest BCUT2D eigenvalue weighted by molar-refractivity contribution is 0.373. The van der Waals surface area contributed by atoms with Crippen molar-refractivity contribution in [1.82, 2.24) is 9.97 Å². The van der Waals surface area contributed by atoms with E-state index in [1.165, 1.54) is 7.11 Å². The van der Waals surface area contributed by atoms with Gasteiger partial charge in [-0.3, -0.25) is 0 Å². The van der Waals surface area contributed by atoms with Gasteiger partial charge in [-0.05, 0) is 34.5 Å². The second kappa shape index (κ2) is 5.22. The number of nitrogens with zero attached hydrogens (tertiary/aromatic N) is 2. The molecule has 0 radical (unpaired) electrons. The molecule has 0 saturated carbocycles. The maximum absolute atomic E-state index is 5.71. The average molecular weight is 310 g/mol. The zero-order chi connectivity index (χ0) is 13.1. The molecule has 0 saturated heterocycles. The SMILES string of the molecule is COc1nc(Oc2cc(N)ccc2C)ncc1Br. The average Bonchev–Trinajstić information content (AvgIpc) is 2.36. The first-order chi connectivity index (χ1) is 8.60. The first-order valence-corrected chi connectivity index (χ1v) is 6.00. The van der Waals surface area contributed by atoms with Crippen LogP contribution in [0.15, 0.2) is 28.9 Å². The van der Waals surface area contributed by atoms with E-state index in [1.807, 2.05) is 19.1 Å². The number of nitrogen functional groups attached to an aromatic ring is 1. The molecule has 0 spiro atoms. The van der Waals surface area contributed by atoms with E-state index < -0.39 is 0 Å². The highest BCUT2D eigenvalue weighted by molar-refractivity contribution is 9.10. The second-order valence-electron chi connectivity index (χ2n) is 3.64. The van der Waals surface area contributed by atoms with E-state index in [1.54, 1.807) is 12.3 Å². The van der Waals surface area contributed by atoms with Gasteiger partial charge < -0.3 is 15.2 Å². The first-order valence-electron chi connectivity index (χ1n) is 5.20. The van der Waals surface area contributed by atoms with Crippen LogP contribution >= 0.6 is 15.9 Å². The number of hydrogen-bond acceptors (Lipinski definition) is 5. The fourth-order valence-corrected chi connectivity index (χ4v) is 1.71. The van der Waals surface area contributed by atoms with E-state index in [0.717, 1.165) is 5.56 Å². The van der Waals surface area contributed by atoms with Gasteiger partial charge in [-0.25, -0.2) is 4.98 Å². The fourth-order valence-electron chi connectivity index (χ4n) is 1.35. The van der Waals surface area contributed by atoms with Crippen LogP contribution in [0.4, 0.5) is 5.69 Å². The number of rotatable bonds is 3. The Morgan fingerprint density at radius 1 is 1.33 bits per heavy atom. The summed E-state index contributed by atoms with van der Waals surface area (Å²) in [5.41, 5.74) is 7.29. The summed E-state index contributed by atoms with van der Waals surface area (Å²) in [5.74, 6) is 1.04. The van der Waals surface area contributed by atoms with E-state index in [2.05, 4.69) is 25.9 Å². The van der Waals surface area contributed by atoms with E-state index >= 15 is 0 Å². The normalized spacial score (nSPS) is 10.2. The third kappa shape index (κ3) is 2.70. The smallest absolute Gasteiger partial charge is 0.325 e. The van der Waals surface area contributed by atoms with Crippen LogP contribution in [-0.2, 0) is 0 Å². The summed E-state index contributed by atoms with van der Waals surface area (Å²) in [6, 6.07) is 5.63. The molecule has 2 rings (SSSR count). The van der Waals surface area contributed by atoms with Gasteiger partial charge in [0.15, 0.2) is 0 Å². The summed E-state index contributed by atoms with van der Waals surface area (Å²) in [5, 5.41) is 0. The number of halogens is 1. The molecule has 0 aliphatic rings. The molecule has 0 bridgehead atoms. The van der Waals surface area contributed by atoms with Gasteiger partial charge in [-0.1, -0.05) is 6.07 Å². The molecule has 94 valence electrons. The summed E-state index contributed by atoms with van der Waals surface area (Å²) < 4.78 is 11.3. The number of aryl methyl sites for hydroxylation is 1. The Kier molecular flexibility index (Phi) is 3.66. The molecule has 6 heteroatoms. The second-order valence-corrected chi connectivity index (χ2v) is 4.49. The van der Waals surface area contributed by atoms with Gasteiger partial charge in [0, 0.05) is 11.8 Å². The lowest BCUT2D eigenvalue weighted by Crippen LogP contribution is -1.97. The zero-order valence-corrected chi connectivity index (χ0v) is 11.6. The summed E-state index contributed by atoms with van der Waals surface area (Å²) in [6.45, 7) is 1.92. The lowest BCUT2D eigenvalue weighted by atomic mass is 10.2. The predicted octanol–water partition coefficient (Wildman–Crippen LogP) is 2.93. The highest BCUT2D eigenvalue weighted by Crippen LogP contribution is 2.28. The predicted molar refractivity (Wildman–Crippen MR) is 71.9 cm³/mol. The molecule has 1 heterocycles. The van der Waals surface area contributed by atoms with Crippen LogP contribution in [0.3, 0.4) is 0 Å². The van der Waals surface area contributed by atoms with Crippen molar-refractivity contribution < 1.29 is 9.47 Å². The molecule has 0 fully saturated rings. The molecule has 5 nitrogen and oxygen atoms in total. The minimum atomic E-state index is 0.212. The summed E-state index contributed by atoms with van der Waals surface area (Å²) >= 11 is 3.28. The van der Waals surface area contributed by atoms with E-state index in [0.29, 0.717) is 21.8 Å². The van der Waals surface area contributed by atoms with E-state index in [-0.39, 0.29) is 6.01 Å². The minimum absolute atomic E-state index is 0.212. The zero-order valence-electron chi connectivity index (χ0n) is 9.98. The Morgan fingerprint density at radius 3 is 2.83 bits per heavy atom. The molecular formula is C12H12BrN3O2. The quantitative estimate of drug-likeness (QED) is 0.883. The monoisotopic (exact) mass is 309 g/mol. The molecule has 2 aromatic rings. The largest absolute Gasteiger partial charge is 0.480 e. The summed E-state index contributed by atoms with van der Waals surface area (Å²) in [6.07, 6.45) is 1.57. The highest BCUT2D eigenvalue weighted by atomic mass is 79.9. The number of aromatic nitrogens is 2. The maximum Gasteiger partial charge on any atom is 0.325 e. The van der Waals surface area contributed by atoms with Crippen LogP contribution in [0.25, 0.3) is 0 Å². The molecule has 18 heavy (non-hydrogen) atoms. The Balaban J connectivity index is 2.31. The number of hydrogen-bond donors (Lipinski definition) is 1. The number of benzene rings is 1. The van der Waals surface area contributed by atoms with Crippen LogP contribution in [0.5, 0.6) is 17.6 Å². The molecule has 0 aliphatic carbocycles. The summed E-state index contributed by atoms with van der Waals surface area (Å²) in [7, 11) is 1.53. The van der Waals surface area contributed by atoms with Gasteiger partial charge in [0.05, 0.1) is 17.8 Å². The number of ether oxygens (including phenoxy) is 2. The number of methoxy groups -OCH3 is 1. The van der Waals surface area contributed by atoms with Crippen molar-refractivity contribution in [2.24, 2.45) is 0 Å². The van der Waals surface area contributed by atoms with Crippen molar-refractivity contribution in [1.29, 1.82) is 0 Å². The lowest BCUT2D eigenvalue weighted by Gasteiger charge is -2.09. The third-order valence-electron chi connectivity index (χ3n) is 2.30. The van der Waals surface area contributed by atoms with Gasteiger partial charge in [-0.15, -0.1) is 0 Å². The Bertz CT molecular complexity index is 575. The van der Waals surface area contributed by atoms with Crippen molar-refractivity contribution in [2.45, 2.75) is 6.92 Å². The molecule has 2 N–H and O–H groups in total. The maximum atomic E-state index is 5.71. The fraction of sp³-hybridized carbons (Fsp3) is 0.167. The van der Waals surface area contributed by atoms with Gasteiger partial charge in [0.1, 0.15) is 5.75 Å². The van der Waals surface area contributed by atoms with Crippen molar-refractivity contribution in [3.63, 3.8) is 0 Å². The molecule has 0 unspecified atom stereocenters. The molecule has 0 aliphatic heterocycles. The molecule has 1 aromatic carbocycles. The highest BCUT2D eigenvalue weighted by Gasteiger charge is 2.08. The number of anilines is 1. The Labute approximate surface area is 113 Å². The van der Waals surface area contributed by atoms with Crippen molar-refractivity contribution >= 4 is 21.6 Å². The van der Waals surface area contributed by atoms with Gasteiger partial charge in [-0.2, -0.15) is 4.98 Å². The summed E-state index contributed by atoms with van der Waals surface area (Å²) in [4.78, 5) is 8.17. The van der Waals surface area contributed by atoms with E-state index in [4.69, 9.17) is 15.2 Å². The van der Waals surface area contributed by atoms with Gasteiger partial charge in [0.25, 0.3) is 0 Å². The standard InChI is InChI=1S/C12H12BrN3O2/c1-7-3-4-8(14)5-10(7)18-12-15-6-9(13)11(16-12)17-2/h3-6H,14H2,1-2H3. The topological polar surface area (TPSA) is 70.3 Å². The van der Waals surface area contributed by atoms with Crippen molar-refractivity contribution in [3.8, 4) is 17.6 Å². The van der Waals surface area contributed by atoms with Crippen molar-refractivity contribution in [3.05, 3.63) is 34.4 Å². The molecule has 1 aromatic heterocycles. The van der Waals surface area contributed by atoms with Crippen LogP contribution < -0.4 is 15.2 Å². The molecule has 0 amide bonds. The van der Waals surface area contributed by atoms with Crippen LogP contribution in [-0.4, -0.2) is 17.1 Å². The molecular weight excluding hydrogens is 298 g/mol. The van der Waals surface area contributed by atoms with Crippen LogP contribution in [0, 0.1) is 6.92 Å². The minimum Gasteiger partial charge on any atom is -0.480 e. The van der Waals surface area contributed by atoms with Crippen molar-refractivity contribution in [2.75, 3.05) is 12.8 Å². The van der Waals surface area contributed by atoms with Crippen LogP contribution in [0.1, 0.15) is 5.56 Å². The third-order valence-corrected chi connectivity index (χ3v) is 2.84. The van der Waals surface area contributed by atoms with Gasteiger partial charge in [0.2, 0.25) is 5.88 Å². The number of nitrogens with two attached hydrogens (primary N) is 1. The first kappa shape index (κ1) is 12.6. The Morgan fingerprint density at radius 2 is 2.11 bits per heavy atom. The van der Waals surface area contributed by atoms with E-state index in [9.17, 15) is 0 Å². The van der Waals surface area contributed by atoms with Gasteiger partial charge >= 0.3 is 6.01 Å². The Hall–Kier alpha value is -1.82. The van der Waals surface area contributed by atoms with Crippen LogP contribution in [0.2, 0.25) is 0 Å². The molecule has 0 atom stereocenters.